The Morgan fingerprint density at radius 2 is 2.00 bits per heavy atom. The van der Waals surface area contributed by atoms with Gasteiger partial charge in [-0.25, -0.2) is 4.79 Å². The number of carbonyl (C=O) groups is 3. The zero-order valence-corrected chi connectivity index (χ0v) is 12.2. The van der Waals surface area contributed by atoms with Crippen molar-refractivity contribution in [3.63, 3.8) is 0 Å². The highest BCUT2D eigenvalue weighted by molar-refractivity contribution is 5.97. The number of benzene rings is 1. The molecule has 0 spiro atoms. The molecule has 0 fully saturated rings. The van der Waals surface area contributed by atoms with Crippen LogP contribution in [0, 0.1) is 6.92 Å². The Labute approximate surface area is 123 Å². The normalized spacial score (nSPS) is 11.5. The summed E-state index contributed by atoms with van der Waals surface area (Å²) in [6, 6.07) is 6.07. The molecule has 1 aromatic carbocycles. The highest BCUT2D eigenvalue weighted by Crippen LogP contribution is 2.03. The maximum atomic E-state index is 11.8. The number of aliphatic carboxylic acids is 1. The third-order valence-electron chi connectivity index (χ3n) is 2.90. The van der Waals surface area contributed by atoms with Gasteiger partial charge in [-0.3, -0.25) is 9.59 Å². The Hall–Kier alpha value is -2.37. The number of aryl methyl sites for hydroxylation is 1. The molecule has 0 saturated heterocycles. The summed E-state index contributed by atoms with van der Waals surface area (Å²) in [7, 11) is 0. The minimum absolute atomic E-state index is 0.250. The van der Waals surface area contributed by atoms with Crippen molar-refractivity contribution in [3.8, 4) is 0 Å². The lowest BCUT2D eigenvalue weighted by molar-refractivity contribution is -0.141. The van der Waals surface area contributed by atoms with E-state index in [1.165, 1.54) is 0 Å². The quantitative estimate of drug-likeness (QED) is 0.701. The van der Waals surface area contributed by atoms with Crippen molar-refractivity contribution in [3.05, 3.63) is 35.4 Å². The molecule has 0 aliphatic carbocycles. The third-order valence-corrected chi connectivity index (χ3v) is 2.90. The molecule has 0 radical (unpaired) electrons. The van der Waals surface area contributed by atoms with Gasteiger partial charge < -0.3 is 15.7 Å². The van der Waals surface area contributed by atoms with Crippen LogP contribution in [0.1, 0.15) is 35.7 Å². The van der Waals surface area contributed by atoms with Crippen LogP contribution < -0.4 is 10.6 Å². The smallest absolute Gasteiger partial charge is 0.326 e. The Kier molecular flexibility index (Phi) is 6.39. The van der Waals surface area contributed by atoms with Crippen LogP contribution in [0.15, 0.2) is 24.3 Å². The lowest BCUT2D eigenvalue weighted by Gasteiger charge is -2.13. The molecule has 1 atom stereocenters. The molecule has 2 amide bonds. The van der Waals surface area contributed by atoms with E-state index in [-0.39, 0.29) is 12.5 Å². The lowest BCUT2D eigenvalue weighted by atomic mass is 10.1. The van der Waals surface area contributed by atoms with Gasteiger partial charge in [0.15, 0.2) is 0 Å². The molecular formula is C15H20N2O4. The van der Waals surface area contributed by atoms with Gasteiger partial charge in [0.25, 0.3) is 5.91 Å². The van der Waals surface area contributed by atoms with Crippen molar-refractivity contribution in [2.45, 2.75) is 32.7 Å². The predicted molar refractivity (Wildman–Crippen MR) is 78.0 cm³/mol. The van der Waals surface area contributed by atoms with Crippen LogP contribution >= 0.6 is 0 Å². The maximum absolute atomic E-state index is 11.8. The number of carbonyl (C=O) groups excluding carboxylic acids is 2. The van der Waals surface area contributed by atoms with Crippen LogP contribution in [0.4, 0.5) is 0 Å². The highest BCUT2D eigenvalue weighted by atomic mass is 16.4. The fraction of sp³-hybridized carbons (Fsp3) is 0.400. The van der Waals surface area contributed by atoms with E-state index in [0.717, 1.165) is 5.56 Å². The number of hydrogen-bond donors (Lipinski definition) is 3. The van der Waals surface area contributed by atoms with Crippen molar-refractivity contribution in [1.82, 2.24) is 10.6 Å². The second-order valence-corrected chi connectivity index (χ2v) is 4.80. The van der Waals surface area contributed by atoms with E-state index in [1.54, 1.807) is 18.2 Å². The number of rotatable bonds is 7. The Morgan fingerprint density at radius 1 is 1.29 bits per heavy atom. The summed E-state index contributed by atoms with van der Waals surface area (Å²) in [5.41, 5.74) is 1.41. The lowest BCUT2D eigenvalue weighted by Crippen LogP contribution is -2.45. The van der Waals surface area contributed by atoms with E-state index in [0.29, 0.717) is 18.4 Å². The van der Waals surface area contributed by atoms with Crippen LogP contribution in [-0.4, -0.2) is 35.5 Å². The van der Waals surface area contributed by atoms with Crippen molar-refractivity contribution >= 4 is 17.8 Å². The van der Waals surface area contributed by atoms with Gasteiger partial charge in [-0.15, -0.1) is 0 Å². The number of hydrogen-bond acceptors (Lipinski definition) is 3. The topological polar surface area (TPSA) is 95.5 Å². The van der Waals surface area contributed by atoms with E-state index in [9.17, 15) is 14.4 Å². The molecule has 0 aromatic heterocycles. The van der Waals surface area contributed by atoms with Gasteiger partial charge >= 0.3 is 5.97 Å². The summed E-state index contributed by atoms with van der Waals surface area (Å²) in [6.45, 7) is 3.45. The van der Waals surface area contributed by atoms with Gasteiger partial charge in [-0.2, -0.15) is 0 Å². The van der Waals surface area contributed by atoms with E-state index in [1.807, 2.05) is 19.9 Å². The average Bonchev–Trinajstić information content (AvgIpc) is 2.44. The summed E-state index contributed by atoms with van der Waals surface area (Å²) in [6.07, 6.45) is 1.000. The van der Waals surface area contributed by atoms with Crippen LogP contribution in [0.25, 0.3) is 0 Å². The number of nitrogens with one attached hydrogen (secondary N) is 2. The summed E-state index contributed by atoms with van der Waals surface area (Å²) in [5, 5.41) is 13.8. The van der Waals surface area contributed by atoms with E-state index in [2.05, 4.69) is 10.6 Å². The first kappa shape index (κ1) is 16.7. The molecule has 0 heterocycles. The minimum atomic E-state index is -1.07. The molecule has 6 nitrogen and oxygen atoms in total. The molecule has 0 aliphatic rings. The van der Waals surface area contributed by atoms with Crippen molar-refractivity contribution in [1.29, 1.82) is 0 Å². The molecule has 1 rings (SSSR count). The average molecular weight is 292 g/mol. The van der Waals surface area contributed by atoms with Crippen molar-refractivity contribution < 1.29 is 19.5 Å². The fourth-order valence-corrected chi connectivity index (χ4v) is 1.84. The number of amides is 2. The standard InChI is InChI=1S/C15H20N2O4/c1-3-5-12(15(20)21)17-13(18)9-16-14(19)11-7-4-6-10(2)8-11/h4,6-8,12H,3,5,9H2,1-2H3,(H,16,19)(H,17,18)(H,20,21)/t12-/m1/s1. The second-order valence-electron chi connectivity index (χ2n) is 4.80. The Morgan fingerprint density at radius 3 is 2.57 bits per heavy atom. The van der Waals surface area contributed by atoms with Gasteiger partial charge in [0.1, 0.15) is 6.04 Å². The van der Waals surface area contributed by atoms with Crippen LogP contribution in [-0.2, 0) is 9.59 Å². The first-order valence-electron chi connectivity index (χ1n) is 6.81. The van der Waals surface area contributed by atoms with E-state index < -0.39 is 17.9 Å². The van der Waals surface area contributed by atoms with Crippen LogP contribution in [0.3, 0.4) is 0 Å². The van der Waals surface area contributed by atoms with Gasteiger partial charge in [0.05, 0.1) is 6.54 Å². The molecule has 0 unspecified atom stereocenters. The summed E-state index contributed by atoms with van der Waals surface area (Å²) in [4.78, 5) is 34.4. The monoisotopic (exact) mass is 292 g/mol. The molecule has 1 aromatic rings. The molecular weight excluding hydrogens is 272 g/mol. The third kappa shape index (κ3) is 5.64. The molecule has 114 valence electrons. The molecule has 0 bridgehead atoms. The second kappa shape index (κ2) is 8.04. The highest BCUT2D eigenvalue weighted by Gasteiger charge is 2.18. The SMILES string of the molecule is CCC[C@@H](NC(=O)CNC(=O)c1cccc(C)c1)C(=O)O. The first-order valence-corrected chi connectivity index (χ1v) is 6.81. The zero-order chi connectivity index (χ0) is 15.8. The predicted octanol–water partition coefficient (Wildman–Crippen LogP) is 1.09. The van der Waals surface area contributed by atoms with Crippen LogP contribution in [0.5, 0.6) is 0 Å². The summed E-state index contributed by atoms with van der Waals surface area (Å²) >= 11 is 0. The Bertz CT molecular complexity index is 528. The van der Waals surface area contributed by atoms with Gasteiger partial charge in [0, 0.05) is 5.56 Å². The maximum Gasteiger partial charge on any atom is 0.326 e. The molecule has 6 heteroatoms. The van der Waals surface area contributed by atoms with Crippen LogP contribution in [0.2, 0.25) is 0 Å². The zero-order valence-electron chi connectivity index (χ0n) is 12.2. The largest absolute Gasteiger partial charge is 0.480 e. The number of carboxylic acid groups (broad SMARTS) is 1. The van der Waals surface area contributed by atoms with Gasteiger partial charge in [-0.1, -0.05) is 31.0 Å². The van der Waals surface area contributed by atoms with Crippen molar-refractivity contribution in [2.24, 2.45) is 0 Å². The molecule has 0 aliphatic heterocycles. The fourth-order valence-electron chi connectivity index (χ4n) is 1.84. The molecule has 3 N–H and O–H groups in total. The molecule has 21 heavy (non-hydrogen) atoms. The number of carboxylic acids is 1. The van der Waals surface area contributed by atoms with E-state index >= 15 is 0 Å². The van der Waals surface area contributed by atoms with Gasteiger partial charge in [-0.05, 0) is 25.5 Å². The molecule has 0 saturated carbocycles. The first-order chi connectivity index (χ1) is 9.93. The minimum Gasteiger partial charge on any atom is -0.480 e. The van der Waals surface area contributed by atoms with Crippen molar-refractivity contribution in [2.75, 3.05) is 6.54 Å². The summed E-state index contributed by atoms with van der Waals surface area (Å²) in [5.74, 6) is -1.96. The Balaban J connectivity index is 2.49. The van der Waals surface area contributed by atoms with Gasteiger partial charge in [0.2, 0.25) is 5.91 Å². The van der Waals surface area contributed by atoms with E-state index in [4.69, 9.17) is 5.11 Å². The summed E-state index contributed by atoms with van der Waals surface area (Å²) < 4.78 is 0.